The Balaban J connectivity index is 2.25. The number of hydrogen-bond donors (Lipinski definition) is 2. The van der Waals surface area contributed by atoms with Crippen molar-refractivity contribution in [1.29, 1.82) is 0 Å². The average Bonchev–Trinajstić information content (AvgIpc) is 2.28. The van der Waals surface area contributed by atoms with Crippen molar-refractivity contribution < 1.29 is 4.79 Å². The SMILES string of the molecule is CN(C)C(C)(C)CNC(=O)CN1CCNCC1. The van der Waals surface area contributed by atoms with E-state index in [-0.39, 0.29) is 11.4 Å². The molecule has 1 heterocycles. The first-order valence-corrected chi connectivity index (χ1v) is 6.29. The lowest BCUT2D eigenvalue weighted by atomic mass is 10.0. The van der Waals surface area contributed by atoms with Crippen LogP contribution in [0.5, 0.6) is 0 Å². The van der Waals surface area contributed by atoms with Crippen molar-refractivity contribution in [2.24, 2.45) is 0 Å². The second-order valence-electron chi connectivity index (χ2n) is 5.51. The van der Waals surface area contributed by atoms with E-state index in [0.29, 0.717) is 13.1 Å². The second kappa shape index (κ2) is 6.33. The number of carbonyl (C=O) groups is 1. The molecule has 0 aromatic heterocycles. The molecule has 0 aliphatic carbocycles. The molecular formula is C12H26N4O. The molecule has 17 heavy (non-hydrogen) atoms. The van der Waals surface area contributed by atoms with Gasteiger partial charge in [-0.1, -0.05) is 0 Å². The van der Waals surface area contributed by atoms with Crippen molar-refractivity contribution in [1.82, 2.24) is 20.4 Å². The van der Waals surface area contributed by atoms with Gasteiger partial charge in [0.1, 0.15) is 0 Å². The minimum absolute atomic E-state index is 0.000879. The summed E-state index contributed by atoms with van der Waals surface area (Å²) in [5.41, 5.74) is -0.000879. The first-order valence-electron chi connectivity index (χ1n) is 6.29. The lowest BCUT2D eigenvalue weighted by molar-refractivity contribution is -0.122. The Morgan fingerprint density at radius 1 is 1.35 bits per heavy atom. The molecule has 1 amide bonds. The summed E-state index contributed by atoms with van der Waals surface area (Å²) in [6.07, 6.45) is 0. The quantitative estimate of drug-likeness (QED) is 0.672. The molecule has 0 aromatic carbocycles. The summed E-state index contributed by atoms with van der Waals surface area (Å²) >= 11 is 0. The monoisotopic (exact) mass is 242 g/mol. The summed E-state index contributed by atoms with van der Waals surface area (Å²) in [5.74, 6) is 0.127. The summed E-state index contributed by atoms with van der Waals surface area (Å²) in [6.45, 7) is 9.34. The van der Waals surface area contributed by atoms with Crippen LogP contribution in [0.15, 0.2) is 0 Å². The molecule has 0 radical (unpaired) electrons. The molecule has 0 saturated carbocycles. The van der Waals surface area contributed by atoms with Gasteiger partial charge in [-0.25, -0.2) is 0 Å². The van der Waals surface area contributed by atoms with Crippen LogP contribution in [0.25, 0.3) is 0 Å². The van der Waals surface area contributed by atoms with Crippen LogP contribution in [0.2, 0.25) is 0 Å². The van der Waals surface area contributed by atoms with Gasteiger partial charge < -0.3 is 15.5 Å². The van der Waals surface area contributed by atoms with Crippen LogP contribution in [0.3, 0.4) is 0 Å². The number of nitrogens with zero attached hydrogens (tertiary/aromatic N) is 2. The van der Waals surface area contributed by atoms with Crippen LogP contribution in [0.4, 0.5) is 0 Å². The molecule has 0 unspecified atom stereocenters. The van der Waals surface area contributed by atoms with Crippen molar-refractivity contribution in [2.45, 2.75) is 19.4 Å². The van der Waals surface area contributed by atoms with Crippen LogP contribution in [-0.2, 0) is 4.79 Å². The third-order valence-corrected chi connectivity index (χ3v) is 3.51. The van der Waals surface area contributed by atoms with E-state index in [1.54, 1.807) is 0 Å². The van der Waals surface area contributed by atoms with Crippen LogP contribution in [-0.4, -0.2) is 74.6 Å². The van der Waals surface area contributed by atoms with Crippen molar-refractivity contribution in [2.75, 3.05) is 53.4 Å². The summed E-state index contributed by atoms with van der Waals surface area (Å²) in [4.78, 5) is 16.1. The Kier molecular flexibility index (Phi) is 5.36. The highest BCUT2D eigenvalue weighted by atomic mass is 16.2. The van der Waals surface area contributed by atoms with Crippen LogP contribution < -0.4 is 10.6 Å². The number of hydrogen-bond acceptors (Lipinski definition) is 4. The van der Waals surface area contributed by atoms with Crippen molar-refractivity contribution in [3.8, 4) is 0 Å². The van der Waals surface area contributed by atoms with Gasteiger partial charge in [0.15, 0.2) is 0 Å². The molecule has 0 bridgehead atoms. The lowest BCUT2D eigenvalue weighted by Gasteiger charge is -2.33. The maximum Gasteiger partial charge on any atom is 0.234 e. The molecule has 1 rings (SSSR count). The van der Waals surface area contributed by atoms with E-state index in [1.807, 2.05) is 14.1 Å². The maximum absolute atomic E-state index is 11.8. The van der Waals surface area contributed by atoms with Gasteiger partial charge in [-0.05, 0) is 27.9 Å². The Bertz CT molecular complexity index is 247. The second-order valence-corrected chi connectivity index (χ2v) is 5.51. The van der Waals surface area contributed by atoms with Gasteiger partial charge in [-0.2, -0.15) is 0 Å². The Labute approximate surface area is 105 Å². The molecule has 2 N–H and O–H groups in total. The average molecular weight is 242 g/mol. The first kappa shape index (κ1) is 14.4. The van der Waals surface area contributed by atoms with Gasteiger partial charge in [-0.3, -0.25) is 9.69 Å². The molecule has 100 valence electrons. The normalized spacial score (nSPS) is 18.4. The zero-order chi connectivity index (χ0) is 12.9. The van der Waals surface area contributed by atoms with Gasteiger partial charge in [0, 0.05) is 38.3 Å². The third-order valence-electron chi connectivity index (χ3n) is 3.51. The van der Waals surface area contributed by atoms with Crippen LogP contribution in [0, 0.1) is 0 Å². The minimum atomic E-state index is -0.000879. The van der Waals surface area contributed by atoms with E-state index < -0.39 is 0 Å². The summed E-state index contributed by atoms with van der Waals surface area (Å²) in [5, 5.41) is 6.29. The number of nitrogens with one attached hydrogen (secondary N) is 2. The predicted octanol–water partition coefficient (Wildman–Crippen LogP) is -0.652. The number of piperazine rings is 1. The molecule has 5 heteroatoms. The van der Waals surface area contributed by atoms with Crippen molar-refractivity contribution in [3.05, 3.63) is 0 Å². The zero-order valence-electron chi connectivity index (χ0n) is 11.5. The van der Waals surface area contributed by atoms with Crippen LogP contribution in [0.1, 0.15) is 13.8 Å². The summed E-state index contributed by atoms with van der Waals surface area (Å²) in [6, 6.07) is 0. The maximum atomic E-state index is 11.8. The first-order chi connectivity index (χ1) is 7.92. The highest BCUT2D eigenvalue weighted by Gasteiger charge is 2.21. The van der Waals surface area contributed by atoms with Gasteiger partial charge in [-0.15, -0.1) is 0 Å². The van der Waals surface area contributed by atoms with Gasteiger partial charge in [0.25, 0.3) is 0 Å². The van der Waals surface area contributed by atoms with Crippen LogP contribution >= 0.6 is 0 Å². The minimum Gasteiger partial charge on any atom is -0.353 e. The van der Waals surface area contributed by atoms with Gasteiger partial charge in [0.2, 0.25) is 5.91 Å². The van der Waals surface area contributed by atoms with E-state index >= 15 is 0 Å². The molecule has 1 saturated heterocycles. The number of rotatable bonds is 5. The highest BCUT2D eigenvalue weighted by Crippen LogP contribution is 2.07. The van der Waals surface area contributed by atoms with E-state index in [1.165, 1.54) is 0 Å². The topological polar surface area (TPSA) is 47.6 Å². The molecular weight excluding hydrogens is 216 g/mol. The largest absolute Gasteiger partial charge is 0.353 e. The summed E-state index contributed by atoms with van der Waals surface area (Å²) in [7, 11) is 4.06. The van der Waals surface area contributed by atoms with E-state index in [0.717, 1.165) is 26.2 Å². The van der Waals surface area contributed by atoms with E-state index in [9.17, 15) is 4.79 Å². The lowest BCUT2D eigenvalue weighted by Crippen LogP contribution is -2.51. The fourth-order valence-corrected chi connectivity index (χ4v) is 1.60. The molecule has 0 aromatic rings. The van der Waals surface area contributed by atoms with E-state index in [4.69, 9.17) is 0 Å². The van der Waals surface area contributed by atoms with E-state index in [2.05, 4.69) is 34.3 Å². The third kappa shape index (κ3) is 5.02. The number of amides is 1. The molecule has 0 spiro atoms. The van der Waals surface area contributed by atoms with Crippen molar-refractivity contribution >= 4 is 5.91 Å². The molecule has 1 aliphatic heterocycles. The molecule has 0 atom stereocenters. The number of carbonyl (C=O) groups excluding carboxylic acids is 1. The standard InChI is InChI=1S/C12H26N4O/c1-12(2,15(3)4)10-14-11(17)9-16-7-5-13-6-8-16/h13H,5-10H2,1-4H3,(H,14,17). The molecule has 1 aliphatic rings. The molecule has 1 fully saturated rings. The zero-order valence-corrected chi connectivity index (χ0v) is 11.5. The molecule has 5 nitrogen and oxygen atoms in total. The fraction of sp³-hybridized carbons (Fsp3) is 0.917. The van der Waals surface area contributed by atoms with Crippen molar-refractivity contribution in [3.63, 3.8) is 0 Å². The fourth-order valence-electron chi connectivity index (χ4n) is 1.60. The highest BCUT2D eigenvalue weighted by molar-refractivity contribution is 5.78. The van der Waals surface area contributed by atoms with Gasteiger partial charge in [0.05, 0.1) is 6.54 Å². The predicted molar refractivity (Wildman–Crippen MR) is 70.1 cm³/mol. The Morgan fingerprint density at radius 3 is 2.47 bits per heavy atom. The smallest absolute Gasteiger partial charge is 0.234 e. The van der Waals surface area contributed by atoms with Gasteiger partial charge >= 0.3 is 0 Å². The number of likely N-dealkylation sites (N-methyl/N-ethyl adjacent to an activating group) is 1. The Hall–Kier alpha value is -0.650. The summed E-state index contributed by atoms with van der Waals surface area (Å²) < 4.78 is 0. The Morgan fingerprint density at radius 2 is 1.94 bits per heavy atom.